The fraction of sp³-hybridized carbons (Fsp3) is 0.375. The lowest BCUT2D eigenvalue weighted by Gasteiger charge is -2.18. The van der Waals surface area contributed by atoms with E-state index in [1.165, 1.54) is 14.2 Å². The number of halogens is 4. The maximum atomic E-state index is 13.0. The minimum Gasteiger partial charge on any atom is -0.497 e. The van der Waals surface area contributed by atoms with Crippen LogP contribution in [-0.4, -0.2) is 29.9 Å². The van der Waals surface area contributed by atoms with Gasteiger partial charge in [-0.2, -0.15) is 18.3 Å². The molecule has 0 aliphatic heterocycles. The number of benzene rings is 1. The summed E-state index contributed by atoms with van der Waals surface area (Å²) in [6.45, 7) is 1.65. The molecule has 1 unspecified atom stereocenters. The van der Waals surface area contributed by atoms with Gasteiger partial charge in [-0.3, -0.25) is 9.48 Å². The summed E-state index contributed by atoms with van der Waals surface area (Å²) in [4.78, 5) is 12.4. The van der Waals surface area contributed by atoms with Crippen LogP contribution in [0, 0.1) is 0 Å². The first-order chi connectivity index (χ1) is 12.1. The van der Waals surface area contributed by atoms with E-state index >= 15 is 0 Å². The van der Waals surface area contributed by atoms with Crippen LogP contribution in [0.2, 0.25) is 5.02 Å². The van der Waals surface area contributed by atoms with Crippen molar-refractivity contribution in [1.29, 1.82) is 0 Å². The second-order valence-electron chi connectivity index (χ2n) is 5.44. The van der Waals surface area contributed by atoms with E-state index in [-0.39, 0.29) is 0 Å². The Labute approximate surface area is 152 Å². The first-order valence-electron chi connectivity index (χ1n) is 7.42. The van der Waals surface area contributed by atoms with Crippen LogP contribution in [0.4, 0.5) is 13.2 Å². The minimum atomic E-state index is -4.72. The van der Waals surface area contributed by atoms with Crippen molar-refractivity contribution in [2.24, 2.45) is 7.05 Å². The van der Waals surface area contributed by atoms with Gasteiger partial charge in [-0.15, -0.1) is 0 Å². The summed E-state index contributed by atoms with van der Waals surface area (Å²) in [6, 6.07) is 4.40. The summed E-state index contributed by atoms with van der Waals surface area (Å²) in [5.74, 6) is 0.192. The van der Waals surface area contributed by atoms with E-state index in [1.807, 2.05) is 0 Å². The molecule has 2 aromatic rings. The van der Waals surface area contributed by atoms with Crippen molar-refractivity contribution in [1.82, 2.24) is 15.1 Å². The van der Waals surface area contributed by atoms with E-state index in [0.717, 1.165) is 7.05 Å². The lowest BCUT2D eigenvalue weighted by Crippen LogP contribution is -2.27. The van der Waals surface area contributed by atoms with E-state index < -0.39 is 34.5 Å². The van der Waals surface area contributed by atoms with Gasteiger partial charge in [-0.05, 0) is 25.1 Å². The van der Waals surface area contributed by atoms with Crippen molar-refractivity contribution in [3.05, 3.63) is 40.2 Å². The fourth-order valence-corrected chi connectivity index (χ4v) is 2.82. The molecule has 10 heteroatoms. The summed E-state index contributed by atoms with van der Waals surface area (Å²) in [5.41, 5.74) is -1.10. The zero-order chi connectivity index (χ0) is 19.6. The number of aryl methyl sites for hydroxylation is 1. The van der Waals surface area contributed by atoms with E-state index in [1.54, 1.807) is 25.1 Å². The van der Waals surface area contributed by atoms with E-state index in [2.05, 4.69) is 10.4 Å². The summed E-state index contributed by atoms with van der Waals surface area (Å²) >= 11 is 5.74. The van der Waals surface area contributed by atoms with Gasteiger partial charge in [-0.25, -0.2) is 0 Å². The third-order valence-electron chi connectivity index (χ3n) is 3.72. The van der Waals surface area contributed by atoms with Crippen molar-refractivity contribution in [2.75, 3.05) is 14.2 Å². The normalized spacial score (nSPS) is 12.6. The molecule has 0 saturated carbocycles. The maximum Gasteiger partial charge on any atom is 0.434 e. The molecule has 1 amide bonds. The molecule has 0 saturated heterocycles. The van der Waals surface area contributed by atoms with Crippen molar-refractivity contribution in [2.45, 2.75) is 19.1 Å². The minimum absolute atomic E-state index is 0.488. The molecule has 6 nitrogen and oxygen atoms in total. The molecule has 0 aliphatic rings. The largest absolute Gasteiger partial charge is 0.497 e. The molecular formula is C16H17ClF3N3O3. The van der Waals surface area contributed by atoms with Crippen molar-refractivity contribution in [3.8, 4) is 11.5 Å². The van der Waals surface area contributed by atoms with E-state index in [0.29, 0.717) is 21.7 Å². The highest BCUT2D eigenvalue weighted by Gasteiger charge is 2.40. The molecule has 142 valence electrons. The van der Waals surface area contributed by atoms with Gasteiger partial charge in [0.15, 0.2) is 11.4 Å². The number of hydrogen-bond donors (Lipinski definition) is 1. The van der Waals surface area contributed by atoms with Gasteiger partial charge in [0.25, 0.3) is 5.91 Å². The zero-order valence-electron chi connectivity index (χ0n) is 14.4. The Kier molecular flexibility index (Phi) is 5.70. The van der Waals surface area contributed by atoms with Crippen molar-refractivity contribution >= 4 is 17.5 Å². The summed E-state index contributed by atoms with van der Waals surface area (Å²) in [5, 5.41) is 5.42. The number of carbonyl (C=O) groups is 1. The van der Waals surface area contributed by atoms with Crippen LogP contribution in [0.1, 0.15) is 34.7 Å². The van der Waals surface area contributed by atoms with Crippen LogP contribution < -0.4 is 14.8 Å². The van der Waals surface area contributed by atoms with Crippen molar-refractivity contribution in [3.63, 3.8) is 0 Å². The van der Waals surface area contributed by atoms with E-state index in [4.69, 9.17) is 21.1 Å². The van der Waals surface area contributed by atoms with Crippen LogP contribution in [-0.2, 0) is 13.2 Å². The Morgan fingerprint density at radius 2 is 1.96 bits per heavy atom. The number of alkyl halides is 3. The first-order valence-corrected chi connectivity index (χ1v) is 7.80. The third kappa shape index (κ3) is 3.87. The first kappa shape index (κ1) is 19.9. The van der Waals surface area contributed by atoms with Gasteiger partial charge in [0.2, 0.25) is 0 Å². The molecule has 1 heterocycles. The molecule has 0 radical (unpaired) electrons. The lowest BCUT2D eigenvalue weighted by atomic mass is 10.1. The molecule has 1 aromatic heterocycles. The summed E-state index contributed by atoms with van der Waals surface area (Å²) < 4.78 is 49.9. The second kappa shape index (κ2) is 7.45. The van der Waals surface area contributed by atoms with Gasteiger partial charge in [0, 0.05) is 12.6 Å². The molecule has 0 spiro atoms. The summed E-state index contributed by atoms with van der Waals surface area (Å²) in [6.07, 6.45) is -4.72. The zero-order valence-corrected chi connectivity index (χ0v) is 15.2. The van der Waals surface area contributed by atoms with Gasteiger partial charge in [-0.1, -0.05) is 11.6 Å². The maximum absolute atomic E-state index is 13.0. The Balaban J connectivity index is 2.31. The molecule has 0 bridgehead atoms. The highest BCUT2D eigenvalue weighted by atomic mass is 35.5. The Morgan fingerprint density at radius 3 is 2.46 bits per heavy atom. The standard InChI is InChI=1S/C16H17ClF3N3O3/c1-8(10-7-9(25-3)5-6-11(10)26-4)21-15(24)13-12(17)14(16(18,19)20)23(2)22-13/h5-8H,1-4H3,(H,21,24). The number of carbonyl (C=O) groups excluding carboxylic acids is 1. The Hall–Kier alpha value is -2.42. The number of nitrogens with zero attached hydrogens (tertiary/aromatic N) is 2. The van der Waals surface area contributed by atoms with Crippen molar-refractivity contribution < 1.29 is 27.4 Å². The predicted octanol–water partition coefficient (Wildman–Crippen LogP) is 3.60. The molecule has 1 N–H and O–H groups in total. The van der Waals surface area contributed by atoms with E-state index in [9.17, 15) is 18.0 Å². The average Bonchev–Trinajstić information content (AvgIpc) is 2.88. The number of rotatable bonds is 5. The number of ether oxygens (including phenoxy) is 2. The number of aromatic nitrogens is 2. The predicted molar refractivity (Wildman–Crippen MR) is 88.6 cm³/mol. The monoisotopic (exact) mass is 391 g/mol. The molecule has 1 atom stereocenters. The topological polar surface area (TPSA) is 65.4 Å². The molecule has 0 fully saturated rings. The number of methoxy groups -OCH3 is 2. The van der Waals surface area contributed by atoms with Crippen LogP contribution in [0.5, 0.6) is 11.5 Å². The molecule has 26 heavy (non-hydrogen) atoms. The quantitative estimate of drug-likeness (QED) is 0.845. The Bertz CT molecular complexity index is 821. The summed E-state index contributed by atoms with van der Waals surface area (Å²) in [7, 11) is 4.02. The SMILES string of the molecule is COc1ccc(OC)c(C(C)NC(=O)c2nn(C)c(C(F)(F)F)c2Cl)c1. The Morgan fingerprint density at radius 1 is 1.31 bits per heavy atom. The lowest BCUT2D eigenvalue weighted by molar-refractivity contribution is -0.143. The average molecular weight is 392 g/mol. The number of nitrogens with one attached hydrogen (secondary N) is 1. The number of amides is 1. The molecular weight excluding hydrogens is 375 g/mol. The van der Waals surface area contributed by atoms with Gasteiger partial charge >= 0.3 is 6.18 Å². The molecule has 1 aromatic carbocycles. The van der Waals surface area contributed by atoms with Gasteiger partial charge in [0.05, 0.1) is 20.3 Å². The molecule has 2 rings (SSSR count). The van der Waals surface area contributed by atoms with Crippen LogP contribution in [0.3, 0.4) is 0 Å². The highest BCUT2D eigenvalue weighted by Crippen LogP contribution is 2.36. The van der Waals surface area contributed by atoms with Crippen LogP contribution >= 0.6 is 11.6 Å². The smallest absolute Gasteiger partial charge is 0.434 e. The van der Waals surface area contributed by atoms with Gasteiger partial charge in [0.1, 0.15) is 16.5 Å². The van der Waals surface area contributed by atoms with Crippen LogP contribution in [0.25, 0.3) is 0 Å². The fourth-order valence-electron chi connectivity index (χ4n) is 2.47. The highest BCUT2D eigenvalue weighted by molar-refractivity contribution is 6.34. The van der Waals surface area contributed by atoms with Gasteiger partial charge < -0.3 is 14.8 Å². The molecule has 0 aliphatic carbocycles. The third-order valence-corrected chi connectivity index (χ3v) is 4.08. The number of hydrogen-bond acceptors (Lipinski definition) is 4. The van der Waals surface area contributed by atoms with Crippen LogP contribution in [0.15, 0.2) is 18.2 Å². The second-order valence-corrected chi connectivity index (χ2v) is 5.81.